The number of nitrogens with one attached hydrogen (secondary N) is 1. The number of carbonyl (C=O) groups excluding carboxylic acids is 2. The van der Waals surface area contributed by atoms with Crippen LogP contribution in [0.5, 0.6) is 0 Å². The van der Waals surface area contributed by atoms with Gasteiger partial charge in [0, 0.05) is 0 Å². The van der Waals surface area contributed by atoms with Gasteiger partial charge in [-0.05, 0) is 18.5 Å². The maximum Gasteiger partial charge on any atom is 0.247 e. The molecule has 2 amide bonds. The zero-order valence-electron chi connectivity index (χ0n) is 9.43. The van der Waals surface area contributed by atoms with Gasteiger partial charge in [-0.1, -0.05) is 30.3 Å². The third-order valence-electron chi connectivity index (χ3n) is 3.52. The summed E-state index contributed by atoms with van der Waals surface area (Å²) in [5, 5.41) is 3.10. The summed E-state index contributed by atoms with van der Waals surface area (Å²) in [6, 6.07) is 9.35. The Morgan fingerprint density at radius 2 is 1.94 bits per heavy atom. The fourth-order valence-electron chi connectivity index (χ4n) is 2.63. The van der Waals surface area contributed by atoms with Crippen molar-refractivity contribution in [3.63, 3.8) is 0 Å². The van der Waals surface area contributed by atoms with Crippen molar-refractivity contribution in [3.8, 4) is 0 Å². The minimum Gasteiger partial charge on any atom is -0.305 e. The van der Waals surface area contributed by atoms with E-state index in [2.05, 4.69) is 5.32 Å². The summed E-state index contributed by atoms with van der Waals surface area (Å²) in [5.41, 5.74) is 0.995. The van der Waals surface area contributed by atoms with Crippen molar-refractivity contribution in [1.29, 1.82) is 0 Å². The lowest BCUT2D eigenvalue weighted by Crippen LogP contribution is -2.37. The normalized spacial score (nSPS) is 27.6. The van der Waals surface area contributed by atoms with Crippen LogP contribution < -0.4 is 5.32 Å². The Morgan fingerprint density at radius 1 is 1.18 bits per heavy atom. The molecule has 4 nitrogen and oxygen atoms in total. The minimum atomic E-state index is -0.272. The first-order valence-corrected chi connectivity index (χ1v) is 5.90. The lowest BCUT2D eigenvalue weighted by molar-refractivity contribution is -0.140. The molecule has 1 N–H and O–H groups in total. The fraction of sp³-hybridized carbons (Fsp3) is 0.385. The zero-order valence-corrected chi connectivity index (χ0v) is 9.43. The first-order valence-electron chi connectivity index (χ1n) is 5.90. The molecule has 2 atom stereocenters. The number of hydrogen-bond donors (Lipinski definition) is 1. The molecule has 2 heterocycles. The van der Waals surface area contributed by atoms with Crippen molar-refractivity contribution in [3.05, 3.63) is 35.9 Å². The second kappa shape index (κ2) is 3.96. The van der Waals surface area contributed by atoms with Crippen LogP contribution in [0.4, 0.5) is 0 Å². The Morgan fingerprint density at radius 3 is 2.65 bits per heavy atom. The van der Waals surface area contributed by atoms with Gasteiger partial charge in [-0.3, -0.25) is 14.5 Å². The maximum atomic E-state index is 12.1. The smallest absolute Gasteiger partial charge is 0.247 e. The van der Waals surface area contributed by atoms with E-state index >= 15 is 0 Å². The van der Waals surface area contributed by atoms with Crippen LogP contribution in [0.25, 0.3) is 0 Å². The predicted molar refractivity (Wildman–Crippen MR) is 61.9 cm³/mol. The van der Waals surface area contributed by atoms with Crippen molar-refractivity contribution < 1.29 is 9.59 Å². The van der Waals surface area contributed by atoms with Crippen molar-refractivity contribution in [1.82, 2.24) is 10.2 Å². The van der Waals surface area contributed by atoms with E-state index in [0.29, 0.717) is 6.54 Å². The van der Waals surface area contributed by atoms with Crippen LogP contribution >= 0.6 is 0 Å². The zero-order chi connectivity index (χ0) is 11.8. The number of fused-ring (bicyclic) bond motifs is 1. The maximum absolute atomic E-state index is 12.1. The minimum absolute atomic E-state index is 0.0196. The highest BCUT2D eigenvalue weighted by molar-refractivity contribution is 6.07. The molecular weight excluding hydrogens is 216 g/mol. The van der Waals surface area contributed by atoms with Crippen LogP contribution in [-0.2, 0) is 16.1 Å². The van der Waals surface area contributed by atoms with Crippen LogP contribution in [0.2, 0.25) is 0 Å². The van der Waals surface area contributed by atoms with Crippen LogP contribution in [0.3, 0.4) is 0 Å². The van der Waals surface area contributed by atoms with E-state index < -0.39 is 0 Å². The number of carbonyl (C=O) groups is 2. The number of amides is 2. The largest absolute Gasteiger partial charge is 0.305 e. The number of benzene rings is 1. The molecule has 0 saturated carbocycles. The average molecular weight is 230 g/mol. The molecule has 88 valence electrons. The molecule has 2 saturated heterocycles. The first kappa shape index (κ1) is 10.5. The molecule has 0 unspecified atom stereocenters. The van der Waals surface area contributed by atoms with Crippen LogP contribution in [0.15, 0.2) is 30.3 Å². The molecule has 4 heteroatoms. The Hall–Kier alpha value is -1.68. The quantitative estimate of drug-likeness (QED) is 0.754. The van der Waals surface area contributed by atoms with E-state index in [1.54, 1.807) is 0 Å². The lowest BCUT2D eigenvalue weighted by atomic mass is 10.0. The van der Waals surface area contributed by atoms with E-state index in [0.717, 1.165) is 18.5 Å². The molecule has 0 bridgehead atoms. The number of rotatable bonds is 2. The predicted octanol–water partition coefficient (Wildman–Crippen LogP) is 0.533. The van der Waals surface area contributed by atoms with Gasteiger partial charge in [0.1, 0.15) is 0 Å². The van der Waals surface area contributed by atoms with Gasteiger partial charge in [0.2, 0.25) is 11.8 Å². The Balaban J connectivity index is 1.81. The Kier molecular flexibility index (Phi) is 2.44. The summed E-state index contributed by atoms with van der Waals surface area (Å²) in [6.45, 7) is 1.17. The van der Waals surface area contributed by atoms with Gasteiger partial charge in [0.25, 0.3) is 0 Å². The lowest BCUT2D eigenvalue weighted by Gasteiger charge is -2.15. The molecule has 17 heavy (non-hydrogen) atoms. The van der Waals surface area contributed by atoms with E-state index in [4.69, 9.17) is 0 Å². The van der Waals surface area contributed by atoms with Crippen LogP contribution in [-0.4, -0.2) is 29.3 Å². The van der Waals surface area contributed by atoms with E-state index in [1.165, 1.54) is 4.90 Å². The number of hydrogen-bond acceptors (Lipinski definition) is 3. The molecule has 1 aromatic carbocycles. The first-order chi connectivity index (χ1) is 8.27. The highest BCUT2D eigenvalue weighted by Crippen LogP contribution is 2.28. The molecule has 0 spiro atoms. The molecular formula is C13H14N2O2. The molecule has 0 radical (unpaired) electrons. The summed E-state index contributed by atoms with van der Waals surface area (Å²) >= 11 is 0. The number of nitrogens with zero attached hydrogens (tertiary/aromatic N) is 1. The van der Waals surface area contributed by atoms with Gasteiger partial charge in [-0.15, -0.1) is 0 Å². The number of likely N-dealkylation sites (tertiary alicyclic amines) is 1. The Labute approximate surface area is 99.6 Å². The molecule has 3 rings (SSSR count). The molecule has 1 aromatic rings. The molecule has 0 aromatic heterocycles. The van der Waals surface area contributed by atoms with Crippen molar-refractivity contribution in [2.24, 2.45) is 5.92 Å². The molecule has 2 aliphatic rings. The van der Waals surface area contributed by atoms with Gasteiger partial charge in [-0.2, -0.15) is 0 Å². The van der Waals surface area contributed by atoms with Crippen molar-refractivity contribution in [2.75, 3.05) is 6.54 Å². The van der Waals surface area contributed by atoms with Gasteiger partial charge in [0.15, 0.2) is 0 Å². The highest BCUT2D eigenvalue weighted by Gasteiger charge is 2.49. The summed E-state index contributed by atoms with van der Waals surface area (Å²) < 4.78 is 0. The van der Waals surface area contributed by atoms with Crippen molar-refractivity contribution in [2.45, 2.75) is 19.0 Å². The van der Waals surface area contributed by atoms with Gasteiger partial charge >= 0.3 is 0 Å². The SMILES string of the molecule is O=C1[C@H]2CCN[C@H]2C(=O)N1Cc1ccccc1. The summed E-state index contributed by atoms with van der Waals surface area (Å²) in [4.78, 5) is 25.5. The molecule has 0 aliphatic carbocycles. The molecule has 2 aliphatic heterocycles. The number of imide groups is 1. The third kappa shape index (κ3) is 1.65. The Bertz CT molecular complexity index is 436. The average Bonchev–Trinajstić information content (AvgIpc) is 2.91. The topological polar surface area (TPSA) is 49.4 Å². The van der Waals surface area contributed by atoms with Crippen molar-refractivity contribution >= 4 is 11.8 Å². The summed E-state index contributed by atoms with van der Waals surface area (Å²) in [5.74, 6) is -0.221. The van der Waals surface area contributed by atoms with Crippen LogP contribution in [0, 0.1) is 5.92 Å². The fourth-order valence-corrected chi connectivity index (χ4v) is 2.63. The highest BCUT2D eigenvalue weighted by atomic mass is 16.2. The second-order valence-corrected chi connectivity index (χ2v) is 4.58. The third-order valence-corrected chi connectivity index (χ3v) is 3.52. The van der Waals surface area contributed by atoms with Gasteiger partial charge in [0.05, 0.1) is 18.5 Å². The van der Waals surface area contributed by atoms with Gasteiger partial charge in [-0.25, -0.2) is 0 Å². The monoisotopic (exact) mass is 230 g/mol. The van der Waals surface area contributed by atoms with E-state index in [-0.39, 0.29) is 23.8 Å². The van der Waals surface area contributed by atoms with Gasteiger partial charge < -0.3 is 5.32 Å². The molecule has 2 fully saturated rings. The summed E-state index contributed by atoms with van der Waals surface area (Å²) in [6.07, 6.45) is 0.778. The van der Waals surface area contributed by atoms with Crippen LogP contribution in [0.1, 0.15) is 12.0 Å². The summed E-state index contributed by atoms with van der Waals surface area (Å²) in [7, 11) is 0. The second-order valence-electron chi connectivity index (χ2n) is 4.58. The van der Waals surface area contributed by atoms with E-state index in [1.807, 2.05) is 30.3 Å². The van der Waals surface area contributed by atoms with E-state index in [9.17, 15) is 9.59 Å². The standard InChI is InChI=1S/C13H14N2O2/c16-12-10-6-7-14-11(10)13(17)15(12)8-9-4-2-1-3-5-9/h1-5,10-11,14H,6-8H2/t10-,11+/m0/s1.